The summed E-state index contributed by atoms with van der Waals surface area (Å²) in [6.07, 6.45) is 0.636. The normalized spacial score (nSPS) is 11.7. The maximum atomic E-state index is 11.4. The van der Waals surface area contributed by atoms with E-state index in [-0.39, 0.29) is 10.3 Å². The van der Waals surface area contributed by atoms with E-state index in [1.165, 1.54) is 6.07 Å². The molecule has 20 heavy (non-hydrogen) atoms. The topological polar surface area (TPSA) is 69.4 Å². The Morgan fingerprint density at radius 3 is 2.45 bits per heavy atom. The number of ether oxygens (including phenoxy) is 1. The average Bonchev–Trinajstić information content (AvgIpc) is 2.32. The van der Waals surface area contributed by atoms with Crippen LogP contribution in [0.5, 0.6) is 5.75 Å². The minimum atomic E-state index is -3.71. The minimum Gasteiger partial charge on any atom is -0.492 e. The van der Waals surface area contributed by atoms with Gasteiger partial charge in [-0.05, 0) is 30.5 Å². The summed E-state index contributed by atoms with van der Waals surface area (Å²) in [6, 6.07) is 4.70. The van der Waals surface area contributed by atoms with Gasteiger partial charge in [0.15, 0.2) is 0 Å². The molecule has 110 valence electrons. The molecule has 0 amide bonds. The molecule has 0 aliphatic rings. The van der Waals surface area contributed by atoms with Crippen molar-refractivity contribution in [1.82, 2.24) is 0 Å². The SMILES string of the molecule is CC#CCCOc1ccc(S(N)(=O)=O)cc1C(C)(C)C. The lowest BCUT2D eigenvalue weighted by atomic mass is 9.86. The van der Waals surface area contributed by atoms with Crippen molar-refractivity contribution < 1.29 is 13.2 Å². The van der Waals surface area contributed by atoms with Gasteiger partial charge in [0, 0.05) is 12.0 Å². The van der Waals surface area contributed by atoms with Gasteiger partial charge >= 0.3 is 0 Å². The summed E-state index contributed by atoms with van der Waals surface area (Å²) in [5.74, 6) is 6.39. The third-order valence-corrected chi connectivity index (χ3v) is 3.66. The molecule has 0 heterocycles. The first-order valence-electron chi connectivity index (χ1n) is 6.36. The highest BCUT2D eigenvalue weighted by molar-refractivity contribution is 7.89. The Morgan fingerprint density at radius 1 is 1.30 bits per heavy atom. The number of hydrogen-bond donors (Lipinski definition) is 1. The number of sulfonamides is 1. The van der Waals surface area contributed by atoms with Gasteiger partial charge in [0.25, 0.3) is 0 Å². The largest absolute Gasteiger partial charge is 0.492 e. The monoisotopic (exact) mass is 295 g/mol. The van der Waals surface area contributed by atoms with E-state index in [2.05, 4.69) is 11.8 Å². The third kappa shape index (κ3) is 4.55. The highest BCUT2D eigenvalue weighted by Crippen LogP contribution is 2.33. The van der Waals surface area contributed by atoms with Gasteiger partial charge in [0.2, 0.25) is 10.0 Å². The van der Waals surface area contributed by atoms with Gasteiger partial charge in [0.05, 0.1) is 11.5 Å². The minimum absolute atomic E-state index is 0.100. The van der Waals surface area contributed by atoms with Crippen LogP contribution in [-0.2, 0) is 15.4 Å². The van der Waals surface area contributed by atoms with Gasteiger partial charge in [0.1, 0.15) is 5.75 Å². The number of primary sulfonamides is 1. The van der Waals surface area contributed by atoms with Crippen LogP contribution < -0.4 is 9.88 Å². The quantitative estimate of drug-likeness (QED) is 0.685. The van der Waals surface area contributed by atoms with Crippen LogP contribution in [0.15, 0.2) is 23.1 Å². The van der Waals surface area contributed by atoms with Crippen LogP contribution in [0.4, 0.5) is 0 Å². The fraction of sp³-hybridized carbons (Fsp3) is 0.467. The lowest BCUT2D eigenvalue weighted by Gasteiger charge is -2.23. The molecule has 0 aliphatic carbocycles. The second-order valence-electron chi connectivity index (χ2n) is 5.48. The van der Waals surface area contributed by atoms with Crippen LogP contribution in [0, 0.1) is 11.8 Å². The number of benzene rings is 1. The molecule has 0 radical (unpaired) electrons. The summed E-state index contributed by atoms with van der Waals surface area (Å²) in [5.41, 5.74) is 0.570. The summed E-state index contributed by atoms with van der Waals surface area (Å²) >= 11 is 0. The Bertz CT molecular complexity index is 631. The molecule has 5 heteroatoms. The lowest BCUT2D eigenvalue weighted by molar-refractivity contribution is 0.317. The van der Waals surface area contributed by atoms with Crippen LogP contribution in [0.2, 0.25) is 0 Å². The van der Waals surface area contributed by atoms with Crippen LogP contribution in [0.25, 0.3) is 0 Å². The van der Waals surface area contributed by atoms with E-state index in [9.17, 15) is 8.42 Å². The molecule has 0 bridgehead atoms. The molecule has 0 atom stereocenters. The van der Waals surface area contributed by atoms with Gasteiger partial charge < -0.3 is 4.74 Å². The predicted molar refractivity (Wildman–Crippen MR) is 80.1 cm³/mol. The smallest absolute Gasteiger partial charge is 0.238 e. The Labute approximate surface area is 121 Å². The molecule has 1 aromatic carbocycles. The molecule has 1 aromatic rings. The number of rotatable bonds is 4. The summed E-state index contributed by atoms with van der Waals surface area (Å²) < 4.78 is 28.6. The second kappa shape index (κ2) is 6.29. The molecule has 0 fully saturated rings. The van der Waals surface area contributed by atoms with Crippen molar-refractivity contribution in [3.8, 4) is 17.6 Å². The summed E-state index contributed by atoms with van der Waals surface area (Å²) in [6.45, 7) is 8.23. The van der Waals surface area contributed by atoms with Gasteiger partial charge in [-0.15, -0.1) is 11.8 Å². The van der Waals surface area contributed by atoms with E-state index in [4.69, 9.17) is 9.88 Å². The van der Waals surface area contributed by atoms with Crippen molar-refractivity contribution in [3.63, 3.8) is 0 Å². The highest BCUT2D eigenvalue weighted by atomic mass is 32.2. The molecule has 0 aliphatic heterocycles. The average molecular weight is 295 g/mol. The second-order valence-corrected chi connectivity index (χ2v) is 7.04. The molecule has 0 unspecified atom stereocenters. The fourth-order valence-corrected chi connectivity index (χ4v) is 2.27. The zero-order valence-corrected chi connectivity index (χ0v) is 13.2. The first-order valence-corrected chi connectivity index (χ1v) is 7.90. The first kappa shape index (κ1) is 16.5. The van der Waals surface area contributed by atoms with Crippen LogP contribution in [0.1, 0.15) is 39.7 Å². The standard InChI is InChI=1S/C15H21NO3S/c1-5-6-7-10-19-14-9-8-12(20(16,17)18)11-13(14)15(2,3)4/h8-9,11H,7,10H2,1-4H3,(H2,16,17,18). The zero-order chi connectivity index (χ0) is 15.4. The maximum Gasteiger partial charge on any atom is 0.238 e. The molecule has 0 saturated heterocycles. The zero-order valence-electron chi connectivity index (χ0n) is 12.4. The summed E-state index contributed by atoms with van der Waals surface area (Å²) in [4.78, 5) is 0.100. The summed E-state index contributed by atoms with van der Waals surface area (Å²) in [7, 11) is -3.71. The van der Waals surface area contributed by atoms with E-state index in [0.29, 0.717) is 18.8 Å². The molecule has 0 aromatic heterocycles. The molecule has 0 saturated carbocycles. The number of nitrogens with two attached hydrogens (primary N) is 1. The van der Waals surface area contributed by atoms with Crippen molar-refractivity contribution in [1.29, 1.82) is 0 Å². The van der Waals surface area contributed by atoms with E-state index >= 15 is 0 Å². The van der Waals surface area contributed by atoms with E-state index in [1.54, 1.807) is 19.1 Å². The van der Waals surface area contributed by atoms with Crippen LogP contribution >= 0.6 is 0 Å². The predicted octanol–water partition coefficient (Wildman–Crippen LogP) is 2.42. The molecule has 2 N–H and O–H groups in total. The van der Waals surface area contributed by atoms with Crippen molar-refractivity contribution in [2.24, 2.45) is 5.14 Å². The Kier molecular flexibility index (Phi) is 5.21. The van der Waals surface area contributed by atoms with Gasteiger partial charge in [-0.2, -0.15) is 0 Å². The van der Waals surface area contributed by atoms with Crippen molar-refractivity contribution >= 4 is 10.0 Å². The van der Waals surface area contributed by atoms with E-state index in [1.807, 2.05) is 20.8 Å². The molecule has 1 rings (SSSR count). The first-order chi connectivity index (χ1) is 9.16. The Balaban J connectivity index is 3.14. The summed E-state index contributed by atoms with van der Waals surface area (Å²) in [5, 5.41) is 5.17. The van der Waals surface area contributed by atoms with Crippen LogP contribution in [-0.4, -0.2) is 15.0 Å². The molecule has 0 spiro atoms. The number of hydrogen-bond acceptors (Lipinski definition) is 3. The van der Waals surface area contributed by atoms with E-state index < -0.39 is 10.0 Å². The van der Waals surface area contributed by atoms with Crippen LogP contribution in [0.3, 0.4) is 0 Å². The van der Waals surface area contributed by atoms with Crippen molar-refractivity contribution in [3.05, 3.63) is 23.8 Å². The highest BCUT2D eigenvalue weighted by Gasteiger charge is 2.21. The molecular weight excluding hydrogens is 274 g/mol. The Morgan fingerprint density at radius 2 is 1.95 bits per heavy atom. The molecule has 4 nitrogen and oxygen atoms in total. The lowest BCUT2D eigenvalue weighted by Crippen LogP contribution is -2.17. The third-order valence-electron chi connectivity index (χ3n) is 2.75. The van der Waals surface area contributed by atoms with Gasteiger partial charge in [-0.1, -0.05) is 20.8 Å². The molecular formula is C15H21NO3S. The van der Waals surface area contributed by atoms with Gasteiger partial charge in [-0.3, -0.25) is 0 Å². The maximum absolute atomic E-state index is 11.4. The van der Waals surface area contributed by atoms with Crippen molar-refractivity contribution in [2.45, 2.75) is 44.4 Å². The van der Waals surface area contributed by atoms with Gasteiger partial charge in [-0.25, -0.2) is 13.6 Å². The fourth-order valence-electron chi connectivity index (χ4n) is 1.74. The van der Waals surface area contributed by atoms with Crippen molar-refractivity contribution in [2.75, 3.05) is 6.61 Å². The van der Waals surface area contributed by atoms with E-state index in [0.717, 1.165) is 5.56 Å². The Hall–Kier alpha value is -1.51.